The number of benzene rings is 1. The summed E-state index contributed by atoms with van der Waals surface area (Å²) in [6.45, 7) is 5.25. The molecule has 0 bridgehead atoms. The van der Waals surface area contributed by atoms with Crippen molar-refractivity contribution in [2.24, 2.45) is 0 Å². The van der Waals surface area contributed by atoms with Crippen molar-refractivity contribution in [3.05, 3.63) is 74.7 Å². The summed E-state index contributed by atoms with van der Waals surface area (Å²) in [6.07, 6.45) is 10.4. The van der Waals surface area contributed by atoms with Crippen molar-refractivity contribution in [3.63, 3.8) is 0 Å². The molecule has 1 aromatic heterocycles. The highest BCUT2D eigenvalue weighted by Crippen LogP contribution is 2.33. The van der Waals surface area contributed by atoms with Gasteiger partial charge in [-0.15, -0.1) is 0 Å². The summed E-state index contributed by atoms with van der Waals surface area (Å²) in [5, 5.41) is 3.02. The van der Waals surface area contributed by atoms with Gasteiger partial charge in [0.05, 0.1) is 0 Å². The number of hydrogen-bond donors (Lipinski definition) is 2. The van der Waals surface area contributed by atoms with E-state index in [0.29, 0.717) is 36.1 Å². The second-order valence-electron chi connectivity index (χ2n) is 9.86. The van der Waals surface area contributed by atoms with Crippen molar-refractivity contribution < 1.29 is 4.79 Å². The number of aromatic amines is 1. The quantitative estimate of drug-likeness (QED) is 0.675. The zero-order chi connectivity index (χ0) is 24.2. The van der Waals surface area contributed by atoms with Crippen molar-refractivity contribution >= 4 is 11.6 Å². The number of H-pyrrole nitrogens is 1. The number of fused-ring (bicyclic) bond motifs is 2. The summed E-state index contributed by atoms with van der Waals surface area (Å²) in [4.78, 5) is 33.6. The lowest BCUT2D eigenvalue weighted by molar-refractivity contribution is 0.0950. The molecule has 4 rings (SSSR count). The molecular weight excluding hydrogens is 424 g/mol. The maximum absolute atomic E-state index is 13.3. The smallest absolute Gasteiger partial charge is 0.253 e. The monoisotopic (exact) mass is 462 g/mol. The lowest BCUT2D eigenvalue weighted by Gasteiger charge is -2.40. The van der Waals surface area contributed by atoms with Crippen molar-refractivity contribution in [1.82, 2.24) is 15.2 Å². The van der Waals surface area contributed by atoms with Crippen molar-refractivity contribution in [2.45, 2.75) is 71.0 Å². The highest BCUT2D eigenvalue weighted by molar-refractivity contribution is 5.97. The van der Waals surface area contributed by atoms with Crippen LogP contribution in [0.25, 0.3) is 0 Å². The molecule has 6 nitrogen and oxygen atoms in total. The molecule has 182 valence electrons. The predicted molar refractivity (Wildman–Crippen MR) is 139 cm³/mol. The Morgan fingerprint density at radius 3 is 2.38 bits per heavy atom. The molecule has 34 heavy (non-hydrogen) atoms. The SMILES string of the molecule is CCN(c1cccc2c1CC=CCc1cc(C)[nH]c(=O)c1CNC2=O)C1CCC(N(C)C)CC1. The number of hydrogen-bond acceptors (Lipinski definition) is 4. The van der Waals surface area contributed by atoms with Crippen LogP contribution in [0.2, 0.25) is 0 Å². The molecule has 2 heterocycles. The highest BCUT2D eigenvalue weighted by atomic mass is 16.1. The van der Waals surface area contributed by atoms with E-state index in [1.807, 2.05) is 25.1 Å². The summed E-state index contributed by atoms with van der Waals surface area (Å²) in [5.41, 5.74) is 5.26. The van der Waals surface area contributed by atoms with Gasteiger partial charge in [0, 0.05) is 47.7 Å². The zero-order valence-electron chi connectivity index (χ0n) is 21.0. The Bertz CT molecular complexity index is 1110. The molecule has 2 aliphatic rings. The Morgan fingerprint density at radius 1 is 0.971 bits per heavy atom. The third kappa shape index (κ3) is 5.12. The Morgan fingerprint density at radius 2 is 1.68 bits per heavy atom. The number of allylic oxidation sites excluding steroid dienone is 2. The number of aryl methyl sites for hydroxylation is 1. The van der Waals surface area contributed by atoms with Crippen LogP contribution in [0.4, 0.5) is 5.69 Å². The maximum atomic E-state index is 13.3. The molecule has 1 aliphatic heterocycles. The molecule has 0 atom stereocenters. The molecular formula is C28H38N4O2. The van der Waals surface area contributed by atoms with E-state index in [9.17, 15) is 9.59 Å². The van der Waals surface area contributed by atoms with Gasteiger partial charge in [-0.2, -0.15) is 0 Å². The van der Waals surface area contributed by atoms with Gasteiger partial charge in [-0.25, -0.2) is 0 Å². The summed E-state index contributed by atoms with van der Waals surface area (Å²) in [6, 6.07) is 9.23. The summed E-state index contributed by atoms with van der Waals surface area (Å²) < 4.78 is 0. The molecule has 0 spiro atoms. The fraction of sp³-hybridized carbons (Fsp3) is 0.500. The molecule has 1 amide bonds. The van der Waals surface area contributed by atoms with E-state index in [4.69, 9.17) is 0 Å². The number of carbonyl (C=O) groups is 1. The molecule has 1 fully saturated rings. The zero-order valence-corrected chi connectivity index (χ0v) is 21.0. The van der Waals surface area contributed by atoms with Gasteiger partial charge in [-0.1, -0.05) is 18.2 Å². The first kappa shape index (κ1) is 24.3. The van der Waals surface area contributed by atoms with E-state index in [0.717, 1.165) is 23.4 Å². The molecule has 1 saturated carbocycles. The van der Waals surface area contributed by atoms with Gasteiger partial charge in [-0.3, -0.25) is 9.59 Å². The number of amides is 1. The first-order valence-corrected chi connectivity index (χ1v) is 12.6. The number of carbonyl (C=O) groups excluding carboxylic acids is 1. The van der Waals surface area contributed by atoms with E-state index in [1.54, 1.807) is 0 Å². The van der Waals surface area contributed by atoms with Crippen molar-refractivity contribution in [1.29, 1.82) is 0 Å². The van der Waals surface area contributed by atoms with Gasteiger partial charge < -0.3 is 20.1 Å². The molecule has 0 radical (unpaired) electrons. The van der Waals surface area contributed by atoms with Crippen molar-refractivity contribution in [2.75, 3.05) is 25.5 Å². The standard InChI is InChI=1S/C28H38N4O2/c1-5-32(22-15-13-21(14-16-22)31(3)4)26-12-8-11-24-23(26)10-7-6-9-20-17-19(2)30-28(34)25(20)18-29-27(24)33/h6-8,11-12,17,21-22H,5,9-10,13-16,18H2,1-4H3,(H,29,33)(H,30,34). The number of nitrogens with zero attached hydrogens (tertiary/aromatic N) is 2. The van der Waals surface area contributed by atoms with Crippen LogP contribution in [-0.2, 0) is 19.4 Å². The molecule has 2 aromatic rings. The van der Waals surface area contributed by atoms with E-state index in [2.05, 4.69) is 59.3 Å². The van der Waals surface area contributed by atoms with E-state index in [1.165, 1.54) is 31.4 Å². The largest absolute Gasteiger partial charge is 0.369 e. The summed E-state index contributed by atoms with van der Waals surface area (Å²) >= 11 is 0. The van der Waals surface area contributed by atoms with Gasteiger partial charge in [0.25, 0.3) is 11.5 Å². The summed E-state index contributed by atoms with van der Waals surface area (Å²) in [7, 11) is 4.35. The lowest BCUT2D eigenvalue weighted by atomic mass is 9.88. The van der Waals surface area contributed by atoms with Crippen LogP contribution in [0.5, 0.6) is 0 Å². The number of nitrogens with one attached hydrogen (secondary N) is 2. The average molecular weight is 463 g/mol. The topological polar surface area (TPSA) is 68.4 Å². The van der Waals surface area contributed by atoms with Gasteiger partial charge in [0.1, 0.15) is 0 Å². The second kappa shape index (κ2) is 10.6. The van der Waals surface area contributed by atoms with Gasteiger partial charge in [0.15, 0.2) is 0 Å². The number of anilines is 1. The van der Waals surface area contributed by atoms with Crippen LogP contribution in [0.1, 0.15) is 65.3 Å². The second-order valence-corrected chi connectivity index (χ2v) is 9.86. The van der Waals surface area contributed by atoms with E-state index < -0.39 is 0 Å². The van der Waals surface area contributed by atoms with Gasteiger partial charge >= 0.3 is 0 Å². The van der Waals surface area contributed by atoms with Crippen LogP contribution >= 0.6 is 0 Å². The minimum absolute atomic E-state index is 0.120. The van der Waals surface area contributed by atoms with Crippen LogP contribution in [0.3, 0.4) is 0 Å². The number of aromatic nitrogens is 1. The minimum atomic E-state index is -0.123. The minimum Gasteiger partial charge on any atom is -0.369 e. The van der Waals surface area contributed by atoms with Crippen LogP contribution in [0.15, 0.2) is 41.2 Å². The third-order valence-corrected chi connectivity index (χ3v) is 7.50. The highest BCUT2D eigenvalue weighted by Gasteiger charge is 2.28. The number of rotatable bonds is 4. The van der Waals surface area contributed by atoms with Crippen LogP contribution < -0.4 is 15.8 Å². The van der Waals surface area contributed by atoms with Gasteiger partial charge in [0.2, 0.25) is 0 Å². The fourth-order valence-corrected chi connectivity index (χ4v) is 5.62. The predicted octanol–water partition coefficient (Wildman–Crippen LogP) is 3.97. The molecule has 2 N–H and O–H groups in total. The number of pyridine rings is 1. The molecule has 6 heteroatoms. The first-order valence-electron chi connectivity index (χ1n) is 12.6. The normalized spacial score (nSPS) is 20.8. The maximum Gasteiger partial charge on any atom is 0.253 e. The average Bonchev–Trinajstić information content (AvgIpc) is 2.84. The van der Waals surface area contributed by atoms with E-state index in [-0.39, 0.29) is 18.0 Å². The van der Waals surface area contributed by atoms with Crippen LogP contribution in [-0.4, -0.2) is 48.5 Å². The Hall–Kier alpha value is -2.86. The Kier molecular flexibility index (Phi) is 7.57. The molecule has 0 unspecified atom stereocenters. The van der Waals surface area contributed by atoms with E-state index >= 15 is 0 Å². The first-order chi connectivity index (χ1) is 16.4. The molecule has 1 aliphatic carbocycles. The fourth-order valence-electron chi connectivity index (χ4n) is 5.62. The molecule has 0 saturated heterocycles. The molecule has 1 aromatic carbocycles. The Balaban J connectivity index is 1.65. The Labute approximate surface area is 203 Å². The lowest BCUT2D eigenvalue weighted by Crippen LogP contribution is -2.42. The van der Waals surface area contributed by atoms with Crippen LogP contribution in [0, 0.1) is 6.92 Å². The summed E-state index contributed by atoms with van der Waals surface area (Å²) in [5.74, 6) is -0.120. The third-order valence-electron chi connectivity index (χ3n) is 7.50. The van der Waals surface area contributed by atoms with Crippen molar-refractivity contribution in [3.8, 4) is 0 Å². The van der Waals surface area contributed by atoms with Gasteiger partial charge in [-0.05, 0) is 95.8 Å².